The van der Waals surface area contributed by atoms with Crippen LogP contribution in [0.2, 0.25) is 0 Å². The molecule has 0 amide bonds. The summed E-state index contributed by atoms with van der Waals surface area (Å²) >= 11 is 3.03. The Balaban J connectivity index is 1.99. The smallest absolute Gasteiger partial charge is 0.428 e. The molecule has 43 heavy (non-hydrogen) atoms. The Labute approximate surface area is 246 Å². The minimum absolute atomic E-state index is 0.0909. The number of ether oxygens (including phenoxy) is 1. The maximum atomic E-state index is 14.9. The van der Waals surface area contributed by atoms with Crippen molar-refractivity contribution >= 4 is 27.3 Å². The van der Waals surface area contributed by atoms with Gasteiger partial charge in [0.05, 0.1) is 16.1 Å². The van der Waals surface area contributed by atoms with Crippen molar-refractivity contribution in [2.24, 2.45) is 0 Å². The molecule has 4 rings (SSSR count). The number of benzene rings is 4. The molecule has 0 aromatic heterocycles. The first-order valence-electron chi connectivity index (χ1n) is 12.1. The van der Waals surface area contributed by atoms with Crippen molar-refractivity contribution in [1.82, 2.24) is 0 Å². The maximum absolute atomic E-state index is 14.9. The number of anilines is 1. The van der Waals surface area contributed by atoms with Gasteiger partial charge in [-0.3, -0.25) is 0 Å². The quantitative estimate of drug-likeness (QED) is 0.164. The predicted octanol–water partition coefficient (Wildman–Crippen LogP) is 10.4. The predicted molar refractivity (Wildman–Crippen MR) is 143 cm³/mol. The molecular weight excluding hydrogens is 660 g/mol. The van der Waals surface area contributed by atoms with Gasteiger partial charge in [-0.15, -0.1) is 0 Å². The van der Waals surface area contributed by atoms with Crippen LogP contribution in [-0.4, -0.2) is 12.5 Å². The Hall–Kier alpha value is -4.00. The van der Waals surface area contributed by atoms with Gasteiger partial charge in [-0.05, 0) is 87.2 Å². The average molecular weight is 678 g/mol. The highest BCUT2D eigenvalue weighted by Gasteiger charge is 2.44. The van der Waals surface area contributed by atoms with Crippen molar-refractivity contribution in [3.8, 4) is 5.75 Å². The van der Waals surface area contributed by atoms with Gasteiger partial charge in [0.25, 0.3) is 0 Å². The van der Waals surface area contributed by atoms with Crippen LogP contribution in [0.4, 0.5) is 49.6 Å². The molecule has 0 saturated carbocycles. The fourth-order valence-corrected chi connectivity index (χ4v) is 4.68. The van der Waals surface area contributed by atoms with Gasteiger partial charge >= 0.3 is 18.7 Å². The van der Waals surface area contributed by atoms with E-state index in [1.807, 2.05) is 0 Å². The van der Waals surface area contributed by atoms with Gasteiger partial charge in [-0.25, -0.2) is 13.2 Å². The van der Waals surface area contributed by atoms with Gasteiger partial charge in [0.2, 0.25) is 0 Å². The highest BCUT2D eigenvalue weighted by molar-refractivity contribution is 9.10. The fourth-order valence-electron chi connectivity index (χ4n) is 4.29. The molecule has 2 nitrogen and oxygen atoms in total. The summed E-state index contributed by atoms with van der Waals surface area (Å²) in [5.41, 5.74) is -1.90. The molecular formula is C30H18BrF10NO. The number of hydrogen-bond donors (Lipinski definition) is 0. The molecule has 4 aromatic carbocycles. The molecule has 13 heteroatoms. The largest absolute Gasteiger partial charge is 0.461 e. The van der Waals surface area contributed by atoms with E-state index >= 15 is 0 Å². The van der Waals surface area contributed by atoms with E-state index in [1.54, 1.807) is 18.2 Å². The van der Waals surface area contributed by atoms with E-state index in [-0.39, 0.29) is 32.5 Å². The normalized spacial score (nSPS) is 12.7. The third-order valence-corrected chi connectivity index (χ3v) is 6.77. The van der Waals surface area contributed by atoms with Crippen LogP contribution in [0.5, 0.6) is 5.75 Å². The number of alkyl halides is 7. The molecule has 0 radical (unpaired) electrons. The van der Waals surface area contributed by atoms with Crippen molar-refractivity contribution in [2.45, 2.75) is 24.8 Å². The van der Waals surface area contributed by atoms with Gasteiger partial charge < -0.3 is 9.64 Å². The lowest BCUT2D eigenvalue weighted by Crippen LogP contribution is -2.33. The molecule has 0 fully saturated rings. The third-order valence-electron chi connectivity index (χ3n) is 6.17. The van der Waals surface area contributed by atoms with Crippen molar-refractivity contribution in [3.05, 3.63) is 136 Å². The Morgan fingerprint density at radius 3 is 2.02 bits per heavy atom. The molecule has 0 heterocycles. The molecule has 0 saturated heterocycles. The summed E-state index contributed by atoms with van der Waals surface area (Å²) in [7, 11) is 0. The first-order chi connectivity index (χ1) is 20.1. The highest BCUT2D eigenvalue weighted by atomic mass is 79.9. The Morgan fingerprint density at radius 2 is 1.42 bits per heavy atom. The zero-order valence-corrected chi connectivity index (χ0v) is 23.0. The highest BCUT2D eigenvalue weighted by Crippen LogP contribution is 2.42. The summed E-state index contributed by atoms with van der Waals surface area (Å²) in [6, 6.07) is 14.0. The molecule has 0 spiro atoms. The van der Waals surface area contributed by atoms with Gasteiger partial charge in [0.15, 0.2) is 0 Å². The van der Waals surface area contributed by atoms with E-state index in [4.69, 9.17) is 0 Å². The third kappa shape index (κ3) is 7.15. The van der Waals surface area contributed by atoms with Crippen LogP contribution in [0.3, 0.4) is 0 Å². The maximum Gasteiger partial charge on any atom is 0.461 e. The lowest BCUT2D eigenvalue weighted by atomic mass is 9.94. The second kappa shape index (κ2) is 12.3. The summed E-state index contributed by atoms with van der Waals surface area (Å²) in [4.78, 5) is 1.27. The zero-order valence-electron chi connectivity index (χ0n) is 21.5. The van der Waals surface area contributed by atoms with E-state index in [0.717, 1.165) is 24.3 Å². The van der Waals surface area contributed by atoms with E-state index in [2.05, 4.69) is 27.2 Å². The fraction of sp³-hybridized carbons (Fsp3) is 0.133. The van der Waals surface area contributed by atoms with Gasteiger partial charge in [0.1, 0.15) is 23.2 Å². The minimum atomic E-state index is -5.08. The number of rotatable bonds is 9. The molecule has 226 valence electrons. The van der Waals surface area contributed by atoms with Crippen LogP contribution >= 0.6 is 15.9 Å². The lowest BCUT2D eigenvalue weighted by Gasteiger charge is -2.36. The van der Waals surface area contributed by atoms with Crippen LogP contribution in [0.25, 0.3) is 5.70 Å². The van der Waals surface area contributed by atoms with Crippen LogP contribution in [0, 0.1) is 17.5 Å². The molecule has 0 aliphatic carbocycles. The summed E-state index contributed by atoms with van der Waals surface area (Å²) < 4.78 is 141. The molecule has 0 aliphatic rings. The number of para-hydroxylation sites is 1. The van der Waals surface area contributed by atoms with E-state index < -0.39 is 53.5 Å². The second-order valence-electron chi connectivity index (χ2n) is 9.11. The molecule has 4 aromatic rings. The topological polar surface area (TPSA) is 12.5 Å². The van der Waals surface area contributed by atoms with Gasteiger partial charge in [-0.1, -0.05) is 30.8 Å². The SMILES string of the molecule is C=C(c1ccc(F)c(C(F)(F)F)c1)N(c1ccccc1)C(c1cc(F)cc(OC(F)(F)C(F)F)c1)c1ccc(F)c(Br)c1. The Kier molecular flexibility index (Phi) is 9.14. The minimum Gasteiger partial charge on any atom is -0.428 e. The van der Waals surface area contributed by atoms with Crippen LogP contribution in [-0.2, 0) is 6.18 Å². The van der Waals surface area contributed by atoms with Gasteiger partial charge in [0, 0.05) is 17.5 Å². The van der Waals surface area contributed by atoms with E-state index in [1.165, 1.54) is 29.2 Å². The monoisotopic (exact) mass is 677 g/mol. The van der Waals surface area contributed by atoms with E-state index in [9.17, 15) is 43.9 Å². The Bertz CT molecular complexity index is 1630. The summed E-state index contributed by atoms with van der Waals surface area (Å²) in [6.07, 6.45) is -14.3. The number of hydrogen-bond acceptors (Lipinski definition) is 2. The average Bonchev–Trinajstić information content (AvgIpc) is 2.92. The summed E-state index contributed by atoms with van der Waals surface area (Å²) in [5, 5.41) is 0. The molecule has 1 atom stereocenters. The zero-order chi connectivity index (χ0) is 31.7. The Morgan fingerprint density at radius 1 is 0.767 bits per heavy atom. The van der Waals surface area contributed by atoms with Crippen molar-refractivity contribution in [1.29, 1.82) is 0 Å². The first kappa shape index (κ1) is 31.9. The van der Waals surface area contributed by atoms with E-state index in [0.29, 0.717) is 18.2 Å². The van der Waals surface area contributed by atoms with Crippen LogP contribution < -0.4 is 9.64 Å². The van der Waals surface area contributed by atoms with Gasteiger partial charge in [-0.2, -0.15) is 30.7 Å². The molecule has 0 bridgehead atoms. The molecule has 0 N–H and O–H groups in total. The van der Waals surface area contributed by atoms with Crippen LogP contribution in [0.1, 0.15) is 28.3 Å². The summed E-state index contributed by atoms with van der Waals surface area (Å²) in [6.45, 7) is 3.90. The van der Waals surface area contributed by atoms with Crippen LogP contribution in [0.15, 0.2) is 96.0 Å². The lowest BCUT2D eigenvalue weighted by molar-refractivity contribution is -0.253. The molecule has 1 unspecified atom stereocenters. The van der Waals surface area contributed by atoms with Crippen molar-refractivity contribution in [2.75, 3.05) is 4.90 Å². The van der Waals surface area contributed by atoms with Crippen molar-refractivity contribution < 1.29 is 48.6 Å². The number of halogens is 11. The standard InChI is InChI=1S/C30H18BrF10NO/c1-16(17-7-9-25(33)23(13-17)29(37,38)39)42(21-5-3-2-4-6-21)27(18-8-10-26(34)24(31)14-18)19-11-20(32)15-22(12-19)43-30(40,41)28(35)36/h2-15,27-28H,1H2. The number of nitrogens with zero attached hydrogens (tertiary/aromatic N) is 1. The molecule has 0 aliphatic heterocycles. The van der Waals surface area contributed by atoms with Crippen molar-refractivity contribution in [3.63, 3.8) is 0 Å². The first-order valence-corrected chi connectivity index (χ1v) is 12.9. The second-order valence-corrected chi connectivity index (χ2v) is 9.96. The summed E-state index contributed by atoms with van der Waals surface area (Å²) in [5.74, 6) is -4.46.